The van der Waals surface area contributed by atoms with Gasteiger partial charge in [-0.25, -0.2) is 0 Å². The zero-order chi connectivity index (χ0) is 11.4. The van der Waals surface area contributed by atoms with Gasteiger partial charge in [-0.15, -0.1) is 11.3 Å². The Kier molecular flexibility index (Phi) is 4.41. The van der Waals surface area contributed by atoms with Gasteiger partial charge in [0.15, 0.2) is 0 Å². The van der Waals surface area contributed by atoms with Gasteiger partial charge in [-0.1, -0.05) is 19.3 Å². The van der Waals surface area contributed by atoms with Gasteiger partial charge >= 0.3 is 0 Å². The van der Waals surface area contributed by atoms with Crippen LogP contribution in [-0.2, 0) is 6.54 Å². The maximum Gasteiger partial charge on any atom is 0.0771 e. The van der Waals surface area contributed by atoms with Crippen LogP contribution in [0.4, 0.5) is 0 Å². The number of aliphatic hydroxyl groups is 1. The lowest BCUT2D eigenvalue weighted by atomic mass is 9.85. The quantitative estimate of drug-likeness (QED) is 0.894. The molecule has 2 nitrogen and oxygen atoms in total. The van der Waals surface area contributed by atoms with E-state index in [0.29, 0.717) is 0 Å². The summed E-state index contributed by atoms with van der Waals surface area (Å²) in [5.74, 6) is 0. The Hall–Kier alpha value is 0.100. The molecule has 0 amide bonds. The maximum atomic E-state index is 10.3. The molecule has 0 aliphatic heterocycles. The van der Waals surface area contributed by atoms with Gasteiger partial charge in [0.1, 0.15) is 0 Å². The molecule has 1 fully saturated rings. The van der Waals surface area contributed by atoms with Crippen LogP contribution in [0.25, 0.3) is 0 Å². The molecule has 0 aromatic carbocycles. The second-order valence-corrected chi connectivity index (χ2v) is 6.94. The van der Waals surface area contributed by atoms with E-state index in [0.717, 1.165) is 25.9 Å². The van der Waals surface area contributed by atoms with Gasteiger partial charge in [-0.05, 0) is 45.8 Å². The highest BCUT2D eigenvalue weighted by atomic mass is 79.9. The molecule has 0 bridgehead atoms. The van der Waals surface area contributed by atoms with E-state index in [1.165, 1.54) is 28.6 Å². The summed E-state index contributed by atoms with van der Waals surface area (Å²) in [4.78, 5) is 0. The van der Waals surface area contributed by atoms with Crippen molar-refractivity contribution in [2.24, 2.45) is 0 Å². The van der Waals surface area contributed by atoms with E-state index in [4.69, 9.17) is 0 Å². The predicted molar refractivity (Wildman–Crippen MR) is 71.8 cm³/mol. The van der Waals surface area contributed by atoms with Crippen molar-refractivity contribution in [2.45, 2.75) is 44.2 Å². The normalized spacial score (nSPS) is 19.9. The van der Waals surface area contributed by atoms with Crippen LogP contribution < -0.4 is 5.32 Å². The molecule has 0 unspecified atom stereocenters. The monoisotopic (exact) mass is 303 g/mol. The summed E-state index contributed by atoms with van der Waals surface area (Å²) in [5, 5.41) is 15.8. The Balaban J connectivity index is 1.74. The molecule has 1 saturated carbocycles. The average molecular weight is 304 g/mol. The van der Waals surface area contributed by atoms with Crippen molar-refractivity contribution in [2.75, 3.05) is 6.54 Å². The zero-order valence-electron chi connectivity index (χ0n) is 9.34. The van der Waals surface area contributed by atoms with Gasteiger partial charge < -0.3 is 10.4 Å². The summed E-state index contributed by atoms with van der Waals surface area (Å²) in [7, 11) is 0. The second kappa shape index (κ2) is 5.63. The zero-order valence-corrected chi connectivity index (χ0v) is 11.7. The minimum absolute atomic E-state index is 0.453. The first-order valence-electron chi connectivity index (χ1n) is 5.84. The first-order chi connectivity index (χ1) is 7.68. The molecular weight excluding hydrogens is 286 g/mol. The Bertz CT molecular complexity index is 334. The molecule has 1 aliphatic rings. The van der Waals surface area contributed by atoms with E-state index in [2.05, 4.69) is 32.7 Å². The number of rotatable bonds is 4. The number of halogens is 1. The van der Waals surface area contributed by atoms with Crippen LogP contribution in [0.5, 0.6) is 0 Å². The van der Waals surface area contributed by atoms with Crippen molar-refractivity contribution in [3.05, 3.63) is 20.8 Å². The van der Waals surface area contributed by atoms with E-state index in [1.54, 1.807) is 11.3 Å². The summed E-state index contributed by atoms with van der Waals surface area (Å²) in [5.41, 5.74) is 0.835. The maximum absolute atomic E-state index is 10.3. The molecule has 2 rings (SSSR count). The second-order valence-electron chi connectivity index (χ2n) is 4.65. The molecule has 1 aliphatic carbocycles. The van der Waals surface area contributed by atoms with Gasteiger partial charge in [-0.2, -0.15) is 0 Å². The molecule has 0 spiro atoms. The van der Waals surface area contributed by atoms with Crippen LogP contribution in [0.15, 0.2) is 15.2 Å². The Morgan fingerprint density at radius 1 is 1.38 bits per heavy atom. The first kappa shape index (κ1) is 12.6. The van der Waals surface area contributed by atoms with Crippen molar-refractivity contribution >= 4 is 27.3 Å². The van der Waals surface area contributed by atoms with Crippen molar-refractivity contribution in [3.63, 3.8) is 0 Å². The van der Waals surface area contributed by atoms with Crippen molar-refractivity contribution in [3.8, 4) is 0 Å². The molecule has 1 heterocycles. The molecular formula is C12H18BrNOS. The van der Waals surface area contributed by atoms with Crippen LogP contribution >= 0.6 is 27.3 Å². The summed E-state index contributed by atoms with van der Waals surface area (Å²) < 4.78 is 1.17. The highest BCUT2D eigenvalue weighted by Gasteiger charge is 2.28. The van der Waals surface area contributed by atoms with E-state index in [1.807, 2.05) is 0 Å². The molecule has 1 aromatic heterocycles. The Morgan fingerprint density at radius 3 is 2.75 bits per heavy atom. The standard InChI is InChI=1S/C12H18BrNOS/c13-11-6-10(8-16-11)7-14-9-12(15)4-2-1-3-5-12/h6,8,14-15H,1-5,7,9H2. The lowest BCUT2D eigenvalue weighted by Crippen LogP contribution is -2.41. The van der Waals surface area contributed by atoms with Crippen LogP contribution in [0.2, 0.25) is 0 Å². The predicted octanol–water partition coefficient (Wildman–Crippen LogP) is 3.30. The smallest absolute Gasteiger partial charge is 0.0771 e. The van der Waals surface area contributed by atoms with Crippen LogP contribution in [0, 0.1) is 0 Å². The average Bonchev–Trinajstić information content (AvgIpc) is 2.65. The fourth-order valence-electron chi connectivity index (χ4n) is 2.26. The molecule has 4 heteroatoms. The van der Waals surface area contributed by atoms with Crippen molar-refractivity contribution < 1.29 is 5.11 Å². The summed E-state index contributed by atoms with van der Waals surface area (Å²) in [6.07, 6.45) is 5.52. The summed E-state index contributed by atoms with van der Waals surface area (Å²) >= 11 is 5.16. The topological polar surface area (TPSA) is 32.3 Å². The van der Waals surface area contributed by atoms with Gasteiger partial charge in [0.05, 0.1) is 9.39 Å². The third-order valence-corrected chi connectivity index (χ3v) is 4.74. The van der Waals surface area contributed by atoms with E-state index in [-0.39, 0.29) is 0 Å². The lowest BCUT2D eigenvalue weighted by molar-refractivity contribution is 0.00468. The fraction of sp³-hybridized carbons (Fsp3) is 0.667. The number of thiophene rings is 1. The van der Waals surface area contributed by atoms with E-state index < -0.39 is 5.60 Å². The molecule has 0 atom stereocenters. The van der Waals surface area contributed by atoms with Crippen LogP contribution in [0.3, 0.4) is 0 Å². The minimum atomic E-state index is -0.453. The fourth-order valence-corrected chi connectivity index (χ4v) is 3.47. The molecule has 1 aromatic rings. The Labute approximate surface area is 109 Å². The van der Waals surface area contributed by atoms with Gasteiger partial charge in [0, 0.05) is 13.1 Å². The third-order valence-electron chi connectivity index (χ3n) is 3.19. The van der Waals surface area contributed by atoms with Crippen molar-refractivity contribution in [1.82, 2.24) is 5.32 Å². The highest BCUT2D eigenvalue weighted by Crippen LogP contribution is 2.27. The van der Waals surface area contributed by atoms with Crippen molar-refractivity contribution in [1.29, 1.82) is 0 Å². The highest BCUT2D eigenvalue weighted by molar-refractivity contribution is 9.11. The van der Waals surface area contributed by atoms with E-state index in [9.17, 15) is 5.11 Å². The van der Waals surface area contributed by atoms with E-state index >= 15 is 0 Å². The van der Waals surface area contributed by atoms with Crippen LogP contribution in [0.1, 0.15) is 37.7 Å². The first-order valence-corrected chi connectivity index (χ1v) is 7.51. The van der Waals surface area contributed by atoms with Crippen LogP contribution in [-0.4, -0.2) is 17.3 Å². The summed E-state index contributed by atoms with van der Waals surface area (Å²) in [6.45, 7) is 1.57. The number of hydrogen-bond acceptors (Lipinski definition) is 3. The van der Waals surface area contributed by atoms with Gasteiger partial charge in [0.2, 0.25) is 0 Å². The summed E-state index contributed by atoms with van der Waals surface area (Å²) in [6, 6.07) is 2.13. The number of hydrogen-bond donors (Lipinski definition) is 2. The largest absolute Gasteiger partial charge is 0.389 e. The van der Waals surface area contributed by atoms with Gasteiger partial charge in [0.25, 0.3) is 0 Å². The number of nitrogens with one attached hydrogen (secondary N) is 1. The molecule has 0 radical (unpaired) electrons. The molecule has 2 N–H and O–H groups in total. The molecule has 16 heavy (non-hydrogen) atoms. The lowest BCUT2D eigenvalue weighted by Gasteiger charge is -2.32. The molecule has 0 saturated heterocycles. The third kappa shape index (κ3) is 3.55. The Morgan fingerprint density at radius 2 is 2.12 bits per heavy atom. The van der Waals surface area contributed by atoms with Gasteiger partial charge in [-0.3, -0.25) is 0 Å². The minimum Gasteiger partial charge on any atom is -0.389 e. The molecule has 90 valence electrons. The SMILES string of the molecule is OC1(CNCc2csc(Br)c2)CCCCC1.